The van der Waals surface area contributed by atoms with Crippen molar-refractivity contribution in [3.05, 3.63) is 27.6 Å². The van der Waals surface area contributed by atoms with E-state index in [1.165, 1.54) is 29.0 Å². The molecule has 112 valence electrons. The van der Waals surface area contributed by atoms with E-state index >= 15 is 0 Å². The van der Waals surface area contributed by atoms with Gasteiger partial charge < -0.3 is 4.74 Å². The molecule has 21 heavy (non-hydrogen) atoms. The minimum absolute atomic E-state index is 0.0861. The standard InChI is InChI=1S/C13H16N4O3S/c1-20-12(19)9-3-2-4-16(6-9)7-10-5-11(18)17-13(15-10)21-8-14-17/h5,8-9H,2-4,6-7H2,1H3. The molecule has 1 aliphatic heterocycles. The Morgan fingerprint density at radius 3 is 3.24 bits per heavy atom. The molecule has 1 atom stereocenters. The van der Waals surface area contributed by atoms with Crippen LogP contribution < -0.4 is 5.56 Å². The molecule has 0 aromatic carbocycles. The van der Waals surface area contributed by atoms with Gasteiger partial charge in [0.05, 0.1) is 18.7 Å². The van der Waals surface area contributed by atoms with Crippen LogP contribution in [0.4, 0.5) is 0 Å². The first kappa shape index (κ1) is 14.2. The second-order valence-electron chi connectivity index (χ2n) is 5.12. The number of piperidine rings is 1. The molecule has 1 unspecified atom stereocenters. The van der Waals surface area contributed by atoms with E-state index in [4.69, 9.17) is 4.74 Å². The van der Waals surface area contributed by atoms with Crippen molar-refractivity contribution in [2.75, 3.05) is 20.2 Å². The van der Waals surface area contributed by atoms with Crippen LogP contribution in [0.5, 0.6) is 0 Å². The first-order valence-electron chi connectivity index (χ1n) is 6.80. The summed E-state index contributed by atoms with van der Waals surface area (Å²) in [7, 11) is 1.42. The van der Waals surface area contributed by atoms with E-state index in [9.17, 15) is 9.59 Å². The molecule has 1 aliphatic rings. The zero-order valence-corrected chi connectivity index (χ0v) is 12.5. The maximum absolute atomic E-state index is 11.9. The fourth-order valence-electron chi connectivity index (χ4n) is 2.67. The lowest BCUT2D eigenvalue weighted by Crippen LogP contribution is -2.39. The molecule has 2 aromatic rings. The third-order valence-corrected chi connectivity index (χ3v) is 4.34. The van der Waals surface area contributed by atoms with Gasteiger partial charge in [-0.05, 0) is 19.4 Å². The number of carbonyl (C=O) groups excluding carboxylic acids is 1. The Balaban J connectivity index is 1.75. The highest BCUT2D eigenvalue weighted by Gasteiger charge is 2.26. The van der Waals surface area contributed by atoms with Crippen LogP contribution in [0.1, 0.15) is 18.5 Å². The fraction of sp³-hybridized carbons (Fsp3) is 0.538. The summed E-state index contributed by atoms with van der Waals surface area (Å²) in [6.07, 6.45) is 1.80. The Hall–Kier alpha value is -1.80. The topological polar surface area (TPSA) is 76.8 Å². The van der Waals surface area contributed by atoms with Crippen molar-refractivity contribution in [1.82, 2.24) is 19.5 Å². The van der Waals surface area contributed by atoms with Crippen molar-refractivity contribution in [1.29, 1.82) is 0 Å². The van der Waals surface area contributed by atoms with Crippen LogP contribution in [0, 0.1) is 5.92 Å². The van der Waals surface area contributed by atoms with Crippen molar-refractivity contribution in [2.45, 2.75) is 19.4 Å². The number of nitrogens with zero attached hydrogens (tertiary/aromatic N) is 4. The zero-order chi connectivity index (χ0) is 14.8. The number of hydrogen-bond donors (Lipinski definition) is 0. The summed E-state index contributed by atoms with van der Waals surface area (Å²) in [5.74, 6) is -0.248. The number of carbonyl (C=O) groups is 1. The van der Waals surface area contributed by atoms with Gasteiger partial charge in [-0.25, -0.2) is 4.98 Å². The van der Waals surface area contributed by atoms with Gasteiger partial charge in [0, 0.05) is 19.2 Å². The Kier molecular flexibility index (Phi) is 3.98. The normalized spacial score (nSPS) is 19.8. The van der Waals surface area contributed by atoms with E-state index in [1.54, 1.807) is 5.51 Å². The van der Waals surface area contributed by atoms with Gasteiger partial charge in [-0.2, -0.15) is 9.61 Å². The number of rotatable bonds is 3. The Bertz CT molecular complexity index is 711. The number of likely N-dealkylation sites (tertiary alicyclic amines) is 1. The highest BCUT2D eigenvalue weighted by molar-refractivity contribution is 7.14. The smallest absolute Gasteiger partial charge is 0.309 e. The van der Waals surface area contributed by atoms with E-state index in [0.29, 0.717) is 18.1 Å². The van der Waals surface area contributed by atoms with E-state index in [1.807, 2.05) is 0 Å². The molecular weight excluding hydrogens is 292 g/mol. The summed E-state index contributed by atoms with van der Waals surface area (Å²) in [6.45, 7) is 2.12. The number of fused-ring (bicyclic) bond motifs is 1. The van der Waals surface area contributed by atoms with Gasteiger partial charge in [0.15, 0.2) is 0 Å². The van der Waals surface area contributed by atoms with Gasteiger partial charge in [-0.1, -0.05) is 11.3 Å². The van der Waals surface area contributed by atoms with E-state index in [-0.39, 0.29) is 17.4 Å². The molecule has 0 radical (unpaired) electrons. The van der Waals surface area contributed by atoms with Crippen molar-refractivity contribution in [3.8, 4) is 0 Å². The van der Waals surface area contributed by atoms with Crippen molar-refractivity contribution in [2.24, 2.45) is 5.92 Å². The highest BCUT2D eigenvalue weighted by atomic mass is 32.1. The average molecular weight is 308 g/mol. The van der Waals surface area contributed by atoms with Gasteiger partial charge in [0.1, 0.15) is 5.51 Å². The van der Waals surface area contributed by atoms with Gasteiger partial charge in [0.25, 0.3) is 5.56 Å². The van der Waals surface area contributed by atoms with Crippen molar-refractivity contribution in [3.63, 3.8) is 0 Å². The van der Waals surface area contributed by atoms with Crippen LogP contribution >= 0.6 is 11.3 Å². The number of esters is 1. The van der Waals surface area contributed by atoms with Crippen LogP contribution in [0.2, 0.25) is 0 Å². The molecule has 0 bridgehead atoms. The molecule has 8 heteroatoms. The number of hydrogen-bond acceptors (Lipinski definition) is 7. The lowest BCUT2D eigenvalue weighted by Gasteiger charge is -2.30. The summed E-state index contributed by atoms with van der Waals surface area (Å²) >= 11 is 1.33. The fourth-order valence-corrected chi connectivity index (χ4v) is 3.31. The van der Waals surface area contributed by atoms with E-state index < -0.39 is 0 Å². The zero-order valence-electron chi connectivity index (χ0n) is 11.7. The summed E-state index contributed by atoms with van der Waals surface area (Å²) in [4.78, 5) is 30.7. The molecule has 2 aromatic heterocycles. The molecule has 0 spiro atoms. The molecule has 0 amide bonds. The maximum Gasteiger partial charge on any atom is 0.309 e. The summed E-state index contributed by atoms with van der Waals surface area (Å²) in [5, 5.41) is 3.94. The molecule has 0 N–H and O–H groups in total. The van der Waals surface area contributed by atoms with Crippen LogP contribution in [-0.2, 0) is 16.1 Å². The highest BCUT2D eigenvalue weighted by Crippen LogP contribution is 2.19. The van der Waals surface area contributed by atoms with Crippen LogP contribution in [-0.4, -0.2) is 45.7 Å². The van der Waals surface area contributed by atoms with Crippen LogP contribution in [0.15, 0.2) is 16.4 Å². The largest absolute Gasteiger partial charge is 0.469 e. The van der Waals surface area contributed by atoms with Crippen molar-refractivity contribution < 1.29 is 9.53 Å². The van der Waals surface area contributed by atoms with E-state index in [0.717, 1.165) is 25.1 Å². The third kappa shape index (κ3) is 2.96. The predicted molar refractivity (Wildman–Crippen MR) is 77.2 cm³/mol. The lowest BCUT2D eigenvalue weighted by molar-refractivity contribution is -0.147. The minimum atomic E-state index is -0.169. The van der Waals surface area contributed by atoms with Gasteiger partial charge in [0.2, 0.25) is 4.96 Å². The Labute approximate surface area is 125 Å². The molecular formula is C13H16N4O3S. The summed E-state index contributed by atoms with van der Waals surface area (Å²) in [6, 6.07) is 1.51. The SMILES string of the molecule is COC(=O)C1CCCN(Cc2cc(=O)n3ncsc3n2)C1. The maximum atomic E-state index is 11.9. The monoisotopic (exact) mass is 308 g/mol. The molecule has 0 saturated carbocycles. The summed E-state index contributed by atoms with van der Waals surface area (Å²) in [5.41, 5.74) is 2.15. The first-order valence-corrected chi connectivity index (χ1v) is 7.68. The second-order valence-corrected chi connectivity index (χ2v) is 5.93. The molecule has 0 aliphatic carbocycles. The van der Waals surface area contributed by atoms with Crippen LogP contribution in [0.25, 0.3) is 4.96 Å². The predicted octanol–water partition coefficient (Wildman–Crippen LogP) is 0.536. The van der Waals surface area contributed by atoms with E-state index in [2.05, 4.69) is 15.0 Å². The first-order chi connectivity index (χ1) is 10.2. The molecule has 3 rings (SSSR count). The van der Waals surface area contributed by atoms with Gasteiger partial charge in [-0.15, -0.1) is 0 Å². The third-order valence-electron chi connectivity index (χ3n) is 3.67. The molecule has 7 nitrogen and oxygen atoms in total. The average Bonchev–Trinajstić information content (AvgIpc) is 2.95. The lowest BCUT2D eigenvalue weighted by atomic mass is 9.98. The molecule has 1 fully saturated rings. The number of aromatic nitrogens is 3. The van der Waals surface area contributed by atoms with Gasteiger partial charge >= 0.3 is 5.97 Å². The van der Waals surface area contributed by atoms with Crippen molar-refractivity contribution >= 4 is 22.3 Å². The van der Waals surface area contributed by atoms with Crippen LogP contribution in [0.3, 0.4) is 0 Å². The Morgan fingerprint density at radius 1 is 1.57 bits per heavy atom. The minimum Gasteiger partial charge on any atom is -0.469 e. The second kappa shape index (κ2) is 5.90. The molecule has 1 saturated heterocycles. The molecule has 3 heterocycles. The number of ether oxygens (including phenoxy) is 1. The van der Waals surface area contributed by atoms with Gasteiger partial charge in [-0.3, -0.25) is 14.5 Å². The quantitative estimate of drug-likeness (QED) is 0.770. The number of methoxy groups -OCH3 is 1. The Morgan fingerprint density at radius 2 is 2.43 bits per heavy atom. The summed E-state index contributed by atoms with van der Waals surface area (Å²) < 4.78 is 6.11.